The highest BCUT2D eigenvalue weighted by atomic mass is 32.2. The van der Waals surface area contributed by atoms with Crippen molar-refractivity contribution in [3.8, 4) is 0 Å². The minimum absolute atomic E-state index is 0.144. The smallest absolute Gasteiger partial charge is 0.142 e. The van der Waals surface area contributed by atoms with Crippen LogP contribution in [0.2, 0.25) is 0 Å². The van der Waals surface area contributed by atoms with Gasteiger partial charge in [-0.1, -0.05) is 43.9 Å². The van der Waals surface area contributed by atoms with E-state index in [0.29, 0.717) is 0 Å². The van der Waals surface area contributed by atoms with Crippen molar-refractivity contribution < 1.29 is 0 Å². The Hall–Kier alpha value is -0.0900. The van der Waals surface area contributed by atoms with E-state index in [-0.39, 0.29) is 5.41 Å². The van der Waals surface area contributed by atoms with E-state index in [1.54, 1.807) is 23.1 Å². The second kappa shape index (κ2) is 3.11. The molecule has 2 nitrogen and oxygen atoms in total. The molecule has 1 aromatic heterocycles. The van der Waals surface area contributed by atoms with Gasteiger partial charge < -0.3 is 0 Å². The van der Waals surface area contributed by atoms with E-state index in [4.69, 9.17) is 0 Å². The van der Waals surface area contributed by atoms with Crippen LogP contribution in [0.15, 0.2) is 4.34 Å². The monoisotopic (exact) mass is 188 g/mol. The summed E-state index contributed by atoms with van der Waals surface area (Å²) in [6, 6.07) is 0. The molecule has 0 fully saturated rings. The molecule has 0 spiro atoms. The van der Waals surface area contributed by atoms with Crippen LogP contribution in [0.3, 0.4) is 0 Å². The van der Waals surface area contributed by atoms with Crippen LogP contribution in [-0.4, -0.2) is 16.5 Å². The molecule has 0 bridgehead atoms. The van der Waals surface area contributed by atoms with Crippen LogP contribution in [0.25, 0.3) is 0 Å². The van der Waals surface area contributed by atoms with E-state index in [9.17, 15) is 0 Å². The molecule has 1 aromatic rings. The van der Waals surface area contributed by atoms with Gasteiger partial charge in [0.1, 0.15) is 5.01 Å². The van der Waals surface area contributed by atoms with Gasteiger partial charge >= 0.3 is 0 Å². The molecular weight excluding hydrogens is 176 g/mol. The molecule has 1 heterocycles. The first-order valence-electron chi connectivity index (χ1n) is 3.42. The highest BCUT2D eigenvalue weighted by molar-refractivity contribution is 8.00. The lowest BCUT2D eigenvalue weighted by Crippen LogP contribution is -2.10. The van der Waals surface area contributed by atoms with Gasteiger partial charge in [0.05, 0.1) is 0 Å². The molecule has 0 unspecified atom stereocenters. The van der Waals surface area contributed by atoms with Crippen molar-refractivity contribution in [3.63, 3.8) is 0 Å². The van der Waals surface area contributed by atoms with Gasteiger partial charge in [-0.25, -0.2) is 0 Å². The quantitative estimate of drug-likeness (QED) is 0.633. The number of aromatic nitrogens is 2. The van der Waals surface area contributed by atoms with E-state index in [0.717, 1.165) is 9.35 Å². The van der Waals surface area contributed by atoms with Gasteiger partial charge in [-0.15, -0.1) is 10.2 Å². The molecule has 0 saturated heterocycles. The number of nitrogens with zero attached hydrogens (tertiary/aromatic N) is 2. The summed E-state index contributed by atoms with van der Waals surface area (Å²) in [5.74, 6) is 0. The van der Waals surface area contributed by atoms with Gasteiger partial charge in [-0.3, -0.25) is 0 Å². The minimum atomic E-state index is 0.144. The summed E-state index contributed by atoms with van der Waals surface area (Å²) < 4.78 is 1.05. The predicted octanol–water partition coefficient (Wildman–Crippen LogP) is 2.56. The topological polar surface area (TPSA) is 25.8 Å². The Morgan fingerprint density at radius 2 is 1.91 bits per heavy atom. The average molecular weight is 188 g/mol. The summed E-state index contributed by atoms with van der Waals surface area (Å²) in [6.07, 6.45) is 2.02. The van der Waals surface area contributed by atoms with Gasteiger partial charge in [-0.05, 0) is 6.26 Å². The minimum Gasteiger partial charge on any atom is -0.142 e. The van der Waals surface area contributed by atoms with Crippen molar-refractivity contribution in [1.29, 1.82) is 0 Å². The Balaban J connectivity index is 2.89. The Morgan fingerprint density at radius 1 is 1.27 bits per heavy atom. The average Bonchev–Trinajstić information content (AvgIpc) is 2.32. The summed E-state index contributed by atoms with van der Waals surface area (Å²) in [5.41, 5.74) is 0.144. The van der Waals surface area contributed by atoms with Crippen LogP contribution >= 0.6 is 23.1 Å². The Bertz CT molecular complexity index is 237. The van der Waals surface area contributed by atoms with E-state index in [2.05, 4.69) is 31.0 Å². The standard InChI is InChI=1S/C7H12N2S2/c1-7(2,3)5-8-9-6(10-4)11-5/h1-4H3. The maximum absolute atomic E-state index is 4.11. The highest BCUT2D eigenvalue weighted by Crippen LogP contribution is 2.28. The van der Waals surface area contributed by atoms with E-state index in [1.807, 2.05) is 6.26 Å². The molecule has 0 radical (unpaired) electrons. The van der Waals surface area contributed by atoms with Gasteiger partial charge in [-0.2, -0.15) is 0 Å². The number of rotatable bonds is 1. The lowest BCUT2D eigenvalue weighted by molar-refractivity contribution is 0.577. The predicted molar refractivity (Wildman–Crippen MR) is 50.4 cm³/mol. The van der Waals surface area contributed by atoms with E-state index >= 15 is 0 Å². The molecule has 0 aromatic carbocycles. The zero-order valence-electron chi connectivity index (χ0n) is 7.21. The second-order valence-electron chi connectivity index (χ2n) is 3.33. The molecule has 1 rings (SSSR count). The fourth-order valence-electron chi connectivity index (χ4n) is 0.595. The highest BCUT2D eigenvalue weighted by Gasteiger charge is 2.18. The van der Waals surface area contributed by atoms with E-state index < -0.39 is 0 Å². The van der Waals surface area contributed by atoms with Crippen molar-refractivity contribution in [2.45, 2.75) is 30.5 Å². The molecule has 62 valence electrons. The van der Waals surface area contributed by atoms with Gasteiger partial charge in [0.2, 0.25) is 0 Å². The zero-order valence-corrected chi connectivity index (χ0v) is 8.84. The first-order valence-corrected chi connectivity index (χ1v) is 5.46. The molecule has 0 amide bonds. The molecule has 0 N–H and O–H groups in total. The molecule has 0 aliphatic carbocycles. The first-order chi connectivity index (χ1) is 5.04. The lowest BCUT2D eigenvalue weighted by Gasteiger charge is -2.12. The molecule has 11 heavy (non-hydrogen) atoms. The van der Waals surface area contributed by atoms with Crippen molar-refractivity contribution in [2.75, 3.05) is 6.26 Å². The summed E-state index contributed by atoms with van der Waals surface area (Å²) in [7, 11) is 0. The van der Waals surface area contributed by atoms with Crippen molar-refractivity contribution in [3.05, 3.63) is 5.01 Å². The third-order valence-corrected chi connectivity index (χ3v) is 3.55. The Morgan fingerprint density at radius 3 is 2.18 bits per heavy atom. The normalized spacial score (nSPS) is 12.0. The SMILES string of the molecule is CSc1nnc(C(C)(C)C)s1. The summed E-state index contributed by atoms with van der Waals surface area (Å²) in [5, 5.41) is 9.25. The molecular formula is C7H12N2S2. The number of hydrogen-bond acceptors (Lipinski definition) is 4. The van der Waals surface area contributed by atoms with Crippen molar-refractivity contribution in [1.82, 2.24) is 10.2 Å². The maximum Gasteiger partial charge on any atom is 0.174 e. The maximum atomic E-state index is 4.11. The third-order valence-electron chi connectivity index (χ3n) is 1.22. The summed E-state index contributed by atoms with van der Waals surface area (Å²) in [6.45, 7) is 6.45. The van der Waals surface area contributed by atoms with Crippen LogP contribution in [0, 0.1) is 0 Å². The third kappa shape index (κ3) is 2.17. The van der Waals surface area contributed by atoms with Crippen molar-refractivity contribution >= 4 is 23.1 Å². The van der Waals surface area contributed by atoms with Crippen molar-refractivity contribution in [2.24, 2.45) is 0 Å². The largest absolute Gasteiger partial charge is 0.174 e. The van der Waals surface area contributed by atoms with Gasteiger partial charge in [0.15, 0.2) is 4.34 Å². The van der Waals surface area contributed by atoms with Crippen LogP contribution in [0.4, 0.5) is 0 Å². The fourth-order valence-corrected chi connectivity index (χ4v) is 1.92. The molecule has 0 aliphatic heterocycles. The van der Waals surface area contributed by atoms with E-state index in [1.165, 1.54) is 0 Å². The number of hydrogen-bond donors (Lipinski definition) is 0. The van der Waals surface area contributed by atoms with Crippen LogP contribution in [0.5, 0.6) is 0 Å². The van der Waals surface area contributed by atoms with Crippen LogP contribution in [0.1, 0.15) is 25.8 Å². The molecule has 0 aliphatic rings. The Labute approximate surface area is 75.4 Å². The summed E-state index contributed by atoms with van der Waals surface area (Å²) in [4.78, 5) is 0. The summed E-state index contributed by atoms with van der Waals surface area (Å²) >= 11 is 3.33. The second-order valence-corrected chi connectivity index (χ2v) is 5.36. The lowest BCUT2D eigenvalue weighted by atomic mass is 9.98. The molecule has 4 heteroatoms. The molecule has 0 saturated carbocycles. The van der Waals surface area contributed by atoms with Gasteiger partial charge in [0.25, 0.3) is 0 Å². The van der Waals surface area contributed by atoms with Gasteiger partial charge in [0, 0.05) is 5.41 Å². The zero-order chi connectivity index (χ0) is 8.48. The Kier molecular flexibility index (Phi) is 2.54. The van der Waals surface area contributed by atoms with Crippen LogP contribution < -0.4 is 0 Å². The molecule has 0 atom stereocenters. The number of thioether (sulfide) groups is 1. The van der Waals surface area contributed by atoms with Crippen LogP contribution in [-0.2, 0) is 5.41 Å². The first kappa shape index (κ1) is 9.00. The fraction of sp³-hybridized carbons (Fsp3) is 0.714.